The second-order valence-corrected chi connectivity index (χ2v) is 49.1. The third-order valence-corrected chi connectivity index (χ3v) is 36.5. The fraction of sp³-hybridized carbons (Fsp3) is 0.423. The van der Waals surface area contributed by atoms with Crippen molar-refractivity contribution < 1.29 is 28.8 Å². The highest BCUT2D eigenvalue weighted by Crippen LogP contribution is 2.63. The number of aryl methyl sites for hydroxylation is 6. The van der Waals surface area contributed by atoms with Gasteiger partial charge in [-0.05, 0) is 210 Å². The van der Waals surface area contributed by atoms with Crippen molar-refractivity contribution in [2.75, 3.05) is 0 Å². The van der Waals surface area contributed by atoms with E-state index in [0.717, 1.165) is 229 Å². The van der Waals surface area contributed by atoms with Crippen LogP contribution in [0.15, 0.2) is 240 Å². The summed E-state index contributed by atoms with van der Waals surface area (Å²) in [5.41, 5.74) is 42.0. The molecule has 144 heavy (non-hydrogen) atoms. The van der Waals surface area contributed by atoms with E-state index in [2.05, 4.69) is 284 Å². The first-order valence-corrected chi connectivity index (χ1v) is 53.9. The van der Waals surface area contributed by atoms with Crippen molar-refractivity contribution >= 4 is 66.6 Å². The number of ketones is 6. The lowest BCUT2D eigenvalue weighted by atomic mass is 9.56. The van der Waals surface area contributed by atoms with Crippen LogP contribution in [-0.4, -0.2) is 101 Å². The monoisotopic (exact) mass is 2040 g/mol. The summed E-state index contributed by atoms with van der Waals surface area (Å²) in [6, 6.07) is 51.9. The molecule has 0 bridgehead atoms. The number of nitrogens with zero attached hydrogens (tertiary/aromatic N) is 7. The first-order valence-electron chi connectivity index (χ1n) is 52.4. The van der Waals surface area contributed by atoms with Crippen LogP contribution in [0.3, 0.4) is 0 Å². The minimum Gasteiger partial charge on any atom is -0.294 e. The van der Waals surface area contributed by atoms with Crippen LogP contribution < -0.4 is 0 Å². The average Bonchev–Trinajstić information content (AvgIpc) is 1.37. The topological polar surface area (TPSA) is 287 Å². The van der Waals surface area contributed by atoms with Gasteiger partial charge in [0.15, 0.2) is 34.7 Å². The van der Waals surface area contributed by atoms with Gasteiger partial charge in [0, 0.05) is 229 Å². The lowest BCUT2D eigenvalue weighted by molar-refractivity contribution is -0.121. The molecule has 0 amide bonds. The zero-order valence-corrected chi connectivity index (χ0v) is 88.6. The van der Waals surface area contributed by atoms with E-state index in [1.165, 1.54) is 136 Å². The lowest BCUT2D eigenvalue weighted by Crippen LogP contribution is -2.41. The van der Waals surface area contributed by atoms with Crippen molar-refractivity contribution in [2.45, 2.75) is 298 Å². The number of hydrogen-bond donors (Lipinski definition) is 6. The van der Waals surface area contributed by atoms with Gasteiger partial charge in [0.2, 0.25) is 0 Å². The summed E-state index contributed by atoms with van der Waals surface area (Å²) in [5, 5.41) is 46.3. The van der Waals surface area contributed by atoms with Crippen LogP contribution in [0.1, 0.15) is 348 Å². The first kappa shape index (κ1) is 96.7. The minimum absolute atomic E-state index is 0.0123. The quantitative estimate of drug-likeness (QED) is 0.0904. The number of carbonyl (C=O) groups excluding carboxylic acids is 6. The van der Waals surface area contributed by atoms with Gasteiger partial charge in [-0.25, -0.2) is 0 Å². The molecule has 21 heteroatoms. The highest BCUT2D eigenvalue weighted by atomic mass is 79.9. The number of aromatic amines is 6. The van der Waals surface area contributed by atoms with Gasteiger partial charge in [-0.3, -0.25) is 64.3 Å². The number of pyridine rings is 1. The van der Waals surface area contributed by atoms with Crippen molar-refractivity contribution in [3.8, 4) is 0 Å². The average molecular weight is 2050 g/mol. The van der Waals surface area contributed by atoms with Crippen molar-refractivity contribution in [3.63, 3.8) is 0 Å². The molecule has 5 aromatic carbocycles. The SMILES string of the molecule is Cc1[nH]nc2c1C(C)(c1cccnc1)C1=C(C2)CC(C)(C)CC1=O.Cc1[nH]nc2c1C(c1ccccc1)C1=C(C2)CC2(CC2)CC1=O.Cc1[nH]nc2c1C(c1ccccc1)C1=C(C2)CC2(CCC2)CC1=O.Cc1[nH]nc2c1C(c1ccccc1)C1=C(C2)CC2(CCCC2)CC1=O.Cc1[nH]nc2c1[C@@H](c1ccccc1Br)C1=C(C2)CC(C)(C)CC1=O.Cc1[nH]nc2c1[C@H](c1ccccc1Br)C1=C(C2)CC(C)(C)CC1=O. The Labute approximate surface area is 861 Å². The van der Waals surface area contributed by atoms with Crippen molar-refractivity contribution in [2.24, 2.45) is 32.5 Å². The summed E-state index contributed by atoms with van der Waals surface area (Å²) >= 11 is 7.38. The minimum atomic E-state index is -0.470. The molecular weight excluding hydrogens is 1920 g/mol. The predicted octanol–water partition coefficient (Wildman–Crippen LogP) is 26.1. The summed E-state index contributed by atoms with van der Waals surface area (Å²) in [4.78, 5) is 83.2. The second kappa shape index (κ2) is 37.1. The zero-order chi connectivity index (χ0) is 100. The van der Waals surface area contributed by atoms with Crippen molar-refractivity contribution in [1.82, 2.24) is 66.2 Å². The number of Topliss-reactive ketones (excluding diaryl/α,β-unsaturated/α-hetero) is 6. The van der Waals surface area contributed by atoms with E-state index in [1.54, 1.807) is 6.20 Å². The van der Waals surface area contributed by atoms with E-state index >= 15 is 0 Å². The van der Waals surface area contributed by atoms with Crippen LogP contribution in [0.25, 0.3) is 0 Å². The van der Waals surface area contributed by atoms with E-state index in [1.807, 2.05) is 61.7 Å². The summed E-state index contributed by atoms with van der Waals surface area (Å²) in [5.74, 6) is 2.20. The number of fused-ring (bicyclic) bond motifs is 6. The molecule has 7 heterocycles. The Balaban J connectivity index is 0.0000000987. The van der Waals surface area contributed by atoms with Crippen LogP contribution in [0.2, 0.25) is 0 Å². The molecule has 3 saturated carbocycles. The molecule has 19 nitrogen and oxygen atoms in total. The lowest BCUT2D eigenvalue weighted by Gasteiger charge is -2.47. The van der Waals surface area contributed by atoms with E-state index < -0.39 is 5.41 Å². The van der Waals surface area contributed by atoms with Crippen molar-refractivity contribution in [3.05, 3.63) is 375 Å². The Hall–Kier alpha value is -12.1. The largest absolute Gasteiger partial charge is 0.294 e. The summed E-state index contributed by atoms with van der Waals surface area (Å²) in [6.45, 7) is 27.7. The Morgan fingerprint density at radius 1 is 0.285 bits per heavy atom. The number of hydrogen-bond acceptors (Lipinski definition) is 13. The van der Waals surface area contributed by atoms with E-state index in [0.29, 0.717) is 53.6 Å². The van der Waals surface area contributed by atoms with Crippen LogP contribution in [0, 0.1) is 74.0 Å². The highest BCUT2D eigenvalue weighted by Gasteiger charge is 2.55. The molecule has 15 aliphatic carbocycles. The maximum absolute atomic E-state index is 13.3. The predicted molar refractivity (Wildman–Crippen MR) is 567 cm³/mol. The Kier molecular flexibility index (Phi) is 24.9. The highest BCUT2D eigenvalue weighted by molar-refractivity contribution is 9.10. The summed E-state index contributed by atoms with van der Waals surface area (Å²) in [7, 11) is 0. The number of H-pyrrole nitrogens is 6. The third-order valence-electron chi connectivity index (χ3n) is 35.1. The number of aromatic nitrogens is 13. The standard InChI is InChI=1S/C22H24N2O.C21H22N2O.2C20H21BrN2O.C20H23N3O.C20H20N2O/c1-14-19-17(24-23-14)11-16-12-22(9-5-6-10-22)13-18(25)20(16)21(19)15-7-3-2-4-8-15;1-13-18-16(23-22-13)10-15-11-21(8-5-9-21)12-17(24)19(15)20(18)14-6-3-2-4-7-14;2*1-11-17-15(23-22-11)8-12-9-20(2,3)10-16(24)18(12)19(17)13-6-4-5-7-14(13)21;1-12-17-15(23-22-12)8-13-9-19(2,3)10-16(24)18(13)20(17,4)14-6-5-7-21-11-14;1-12-17-15(22-21-12)9-14-10-20(7-8-20)11-16(23)18(14)19(17)13-5-3-2-4-6-13/h2-4,7-8,21H,5-6,9-13H2,1H3,(H,23,24);2-4,6-7,20H,5,8-12H2,1H3,(H,22,23);2*4-7,19H,8-10H2,1-3H3,(H,22,23);5-7,11H,8-10H2,1-4H3,(H,22,23);2-6,19H,7-11H2,1H3,(H,21,22)/t;;2*19-;;/m..10../s1. The van der Waals surface area contributed by atoms with Crippen LogP contribution in [0.4, 0.5) is 0 Å². The van der Waals surface area contributed by atoms with Crippen molar-refractivity contribution in [1.29, 1.82) is 0 Å². The molecule has 7 aromatic heterocycles. The van der Waals surface area contributed by atoms with Gasteiger partial charge < -0.3 is 0 Å². The number of allylic oxidation sites excluding steroid dienone is 12. The third kappa shape index (κ3) is 17.4. The fourth-order valence-corrected chi connectivity index (χ4v) is 29.9. The molecule has 3 fully saturated rings. The summed E-state index contributed by atoms with van der Waals surface area (Å²) < 4.78 is 2.10. The second-order valence-electron chi connectivity index (χ2n) is 47.4. The smallest absolute Gasteiger partial charge is 0.160 e. The summed E-state index contributed by atoms with van der Waals surface area (Å²) in [6.07, 6.45) is 30.1. The molecule has 0 radical (unpaired) electrons. The normalized spacial score (nSPS) is 24.0. The molecule has 4 unspecified atom stereocenters. The molecule has 738 valence electrons. The Bertz CT molecular complexity index is 7290. The van der Waals surface area contributed by atoms with Gasteiger partial charge in [0.25, 0.3) is 0 Å². The van der Waals surface area contributed by atoms with Crippen LogP contribution >= 0.6 is 31.9 Å². The molecule has 6 N–H and O–H groups in total. The van der Waals surface area contributed by atoms with Gasteiger partial charge in [-0.2, -0.15) is 30.6 Å². The number of carbonyl (C=O) groups is 6. The van der Waals surface area contributed by atoms with Gasteiger partial charge in [-0.1, -0.05) is 260 Å². The molecular formula is C123H131Br2N13O6. The molecule has 12 aromatic rings. The molecule has 6 atom stereocenters. The number of nitrogens with one attached hydrogen (secondary N) is 6. The van der Waals surface area contributed by atoms with Gasteiger partial charge in [0.1, 0.15) is 0 Å². The maximum Gasteiger partial charge on any atom is 0.160 e. The maximum atomic E-state index is 13.3. The van der Waals surface area contributed by atoms with Crippen LogP contribution in [-0.2, 0) is 72.7 Å². The molecule has 27 rings (SSSR count). The number of benzene rings is 5. The van der Waals surface area contributed by atoms with Gasteiger partial charge in [-0.15, -0.1) is 0 Å². The molecule has 0 aliphatic heterocycles. The molecule has 3 spiro atoms. The van der Waals surface area contributed by atoms with Gasteiger partial charge >= 0.3 is 0 Å². The zero-order valence-electron chi connectivity index (χ0n) is 85.4. The van der Waals surface area contributed by atoms with E-state index in [4.69, 9.17) is 0 Å². The molecule has 15 aliphatic rings. The van der Waals surface area contributed by atoms with E-state index in [-0.39, 0.29) is 62.4 Å². The molecule has 0 saturated heterocycles. The van der Waals surface area contributed by atoms with E-state index in [9.17, 15) is 28.8 Å². The fourth-order valence-electron chi connectivity index (χ4n) is 28.8. The Morgan fingerprint density at radius 2 is 0.576 bits per heavy atom. The first-order chi connectivity index (χ1) is 69.1. The number of halogens is 2. The van der Waals surface area contributed by atoms with Gasteiger partial charge in [0.05, 0.1) is 39.6 Å². The number of rotatable bonds is 6. The Morgan fingerprint density at radius 3 is 0.917 bits per heavy atom. The van der Waals surface area contributed by atoms with Crippen LogP contribution in [0.5, 0.6) is 0 Å².